The Hall–Kier alpha value is -2.87. The van der Waals surface area contributed by atoms with Gasteiger partial charge in [-0.3, -0.25) is 5.32 Å². The number of hydrogen-bond donors (Lipinski definition) is 1. The van der Waals surface area contributed by atoms with Gasteiger partial charge in [0.25, 0.3) is 0 Å². The zero-order chi connectivity index (χ0) is 13.7. The average molecular weight is 256 g/mol. The van der Waals surface area contributed by atoms with E-state index in [1.165, 1.54) is 6.07 Å². The number of anilines is 1. The quantitative estimate of drug-likeness (QED) is 0.896. The lowest BCUT2D eigenvalue weighted by atomic mass is 10.2. The number of nitrogens with one attached hydrogen (secondary N) is 1. The van der Waals surface area contributed by atoms with Crippen LogP contribution in [-0.2, 0) is 0 Å². The SMILES string of the molecule is N#Cc1cc(F)ccc1NC(=O)Oc1ccccc1. The van der Waals surface area contributed by atoms with Crippen LogP contribution in [0.4, 0.5) is 14.9 Å². The highest BCUT2D eigenvalue weighted by atomic mass is 19.1. The van der Waals surface area contributed by atoms with Crippen molar-refractivity contribution >= 4 is 11.8 Å². The lowest BCUT2D eigenvalue weighted by Crippen LogP contribution is -2.17. The smallest absolute Gasteiger partial charge is 0.410 e. The lowest BCUT2D eigenvalue weighted by molar-refractivity contribution is 0.215. The molecule has 0 spiro atoms. The van der Waals surface area contributed by atoms with Crippen molar-refractivity contribution in [2.45, 2.75) is 0 Å². The molecule has 1 N–H and O–H groups in total. The molecule has 0 bridgehead atoms. The molecule has 2 aromatic rings. The van der Waals surface area contributed by atoms with Crippen LogP contribution in [0.5, 0.6) is 5.75 Å². The molecule has 0 heterocycles. The molecule has 2 rings (SSSR count). The first-order chi connectivity index (χ1) is 9.19. The molecule has 0 unspecified atom stereocenters. The summed E-state index contributed by atoms with van der Waals surface area (Å²) < 4.78 is 17.9. The van der Waals surface area contributed by atoms with Crippen molar-refractivity contribution in [1.82, 2.24) is 0 Å². The minimum Gasteiger partial charge on any atom is -0.410 e. The van der Waals surface area contributed by atoms with Gasteiger partial charge in [0, 0.05) is 0 Å². The summed E-state index contributed by atoms with van der Waals surface area (Å²) in [5, 5.41) is 11.2. The molecule has 0 aliphatic carbocycles. The van der Waals surface area contributed by atoms with Crippen molar-refractivity contribution in [3.63, 3.8) is 0 Å². The fourth-order valence-corrected chi connectivity index (χ4v) is 1.45. The molecule has 2 aromatic carbocycles. The summed E-state index contributed by atoms with van der Waals surface area (Å²) >= 11 is 0. The predicted octanol–water partition coefficient (Wildman–Crippen LogP) is 3.31. The van der Waals surface area contributed by atoms with E-state index in [-0.39, 0.29) is 11.3 Å². The zero-order valence-electron chi connectivity index (χ0n) is 9.76. The predicted molar refractivity (Wildman–Crippen MR) is 67.2 cm³/mol. The summed E-state index contributed by atoms with van der Waals surface area (Å²) in [6.07, 6.45) is -0.741. The van der Waals surface area contributed by atoms with Gasteiger partial charge in [0.05, 0.1) is 11.3 Å². The number of rotatable bonds is 2. The minimum atomic E-state index is -0.741. The van der Waals surface area contributed by atoms with E-state index in [1.54, 1.807) is 36.4 Å². The van der Waals surface area contributed by atoms with Crippen molar-refractivity contribution in [3.8, 4) is 11.8 Å². The molecule has 0 aliphatic rings. The summed E-state index contributed by atoms with van der Waals surface area (Å²) in [6, 6.07) is 13.8. The Morgan fingerprint density at radius 1 is 1.21 bits per heavy atom. The number of ether oxygens (including phenoxy) is 1. The van der Waals surface area contributed by atoms with Crippen LogP contribution in [0.2, 0.25) is 0 Å². The molecule has 4 nitrogen and oxygen atoms in total. The number of amides is 1. The van der Waals surface area contributed by atoms with Crippen LogP contribution in [-0.4, -0.2) is 6.09 Å². The Morgan fingerprint density at radius 3 is 2.63 bits per heavy atom. The van der Waals surface area contributed by atoms with Crippen LogP contribution < -0.4 is 10.1 Å². The number of para-hydroxylation sites is 1. The highest BCUT2D eigenvalue weighted by molar-refractivity contribution is 5.88. The Bertz CT molecular complexity index is 636. The van der Waals surface area contributed by atoms with Gasteiger partial charge in [0.1, 0.15) is 17.6 Å². The fourth-order valence-electron chi connectivity index (χ4n) is 1.45. The molecule has 19 heavy (non-hydrogen) atoms. The van der Waals surface area contributed by atoms with Crippen LogP contribution >= 0.6 is 0 Å². The van der Waals surface area contributed by atoms with Gasteiger partial charge in [-0.05, 0) is 30.3 Å². The Morgan fingerprint density at radius 2 is 1.95 bits per heavy atom. The summed E-state index contributed by atoms with van der Waals surface area (Å²) in [6.45, 7) is 0. The largest absolute Gasteiger partial charge is 0.417 e. The first-order valence-corrected chi connectivity index (χ1v) is 5.42. The highest BCUT2D eigenvalue weighted by Crippen LogP contribution is 2.17. The molecule has 0 atom stereocenters. The molecule has 0 fully saturated rings. The standard InChI is InChI=1S/C14H9FN2O2/c15-11-6-7-13(10(8-11)9-16)17-14(18)19-12-4-2-1-3-5-12/h1-8H,(H,17,18). The molecule has 0 aliphatic heterocycles. The number of carbonyl (C=O) groups excluding carboxylic acids is 1. The van der Waals surface area contributed by atoms with Gasteiger partial charge >= 0.3 is 6.09 Å². The van der Waals surface area contributed by atoms with Gasteiger partial charge in [-0.2, -0.15) is 5.26 Å². The van der Waals surface area contributed by atoms with E-state index in [2.05, 4.69) is 5.32 Å². The summed E-state index contributed by atoms with van der Waals surface area (Å²) in [4.78, 5) is 11.6. The first kappa shape index (κ1) is 12.6. The van der Waals surface area contributed by atoms with Gasteiger partial charge in [-0.25, -0.2) is 9.18 Å². The zero-order valence-corrected chi connectivity index (χ0v) is 9.76. The van der Waals surface area contributed by atoms with Gasteiger partial charge in [-0.1, -0.05) is 18.2 Å². The van der Waals surface area contributed by atoms with Crippen molar-refractivity contribution in [2.24, 2.45) is 0 Å². The van der Waals surface area contributed by atoms with Crippen LogP contribution in [0.15, 0.2) is 48.5 Å². The maximum absolute atomic E-state index is 12.9. The molecule has 5 heteroatoms. The molecule has 0 radical (unpaired) electrons. The van der Waals surface area contributed by atoms with Crippen molar-refractivity contribution in [3.05, 3.63) is 59.9 Å². The third-order valence-electron chi connectivity index (χ3n) is 2.29. The van der Waals surface area contributed by atoms with Crippen molar-refractivity contribution in [2.75, 3.05) is 5.32 Å². The van der Waals surface area contributed by atoms with Gasteiger partial charge in [-0.15, -0.1) is 0 Å². The fraction of sp³-hybridized carbons (Fsp3) is 0. The maximum Gasteiger partial charge on any atom is 0.417 e. The number of benzene rings is 2. The second-order valence-corrected chi connectivity index (χ2v) is 3.63. The number of carbonyl (C=O) groups is 1. The number of hydrogen-bond acceptors (Lipinski definition) is 3. The van der Waals surface area contributed by atoms with E-state index in [0.717, 1.165) is 12.1 Å². The van der Waals surface area contributed by atoms with Gasteiger partial charge < -0.3 is 4.74 Å². The van der Waals surface area contributed by atoms with Crippen LogP contribution in [0.1, 0.15) is 5.56 Å². The Labute approximate surface area is 109 Å². The van der Waals surface area contributed by atoms with E-state index in [9.17, 15) is 9.18 Å². The second-order valence-electron chi connectivity index (χ2n) is 3.63. The van der Waals surface area contributed by atoms with Crippen LogP contribution in [0, 0.1) is 17.1 Å². The van der Waals surface area contributed by atoms with Gasteiger partial charge in [0.15, 0.2) is 0 Å². The first-order valence-electron chi connectivity index (χ1n) is 5.42. The topological polar surface area (TPSA) is 62.1 Å². The van der Waals surface area contributed by atoms with Crippen LogP contribution in [0.25, 0.3) is 0 Å². The minimum absolute atomic E-state index is 0.0324. The highest BCUT2D eigenvalue weighted by Gasteiger charge is 2.09. The number of halogens is 1. The summed E-state index contributed by atoms with van der Waals surface area (Å²) in [5.74, 6) is -0.167. The molecule has 94 valence electrons. The van der Waals surface area contributed by atoms with Gasteiger partial charge in [0.2, 0.25) is 0 Å². The Balaban J connectivity index is 2.10. The lowest BCUT2D eigenvalue weighted by Gasteiger charge is -2.07. The average Bonchev–Trinajstić information content (AvgIpc) is 2.42. The van der Waals surface area contributed by atoms with Crippen LogP contribution in [0.3, 0.4) is 0 Å². The molecular formula is C14H9FN2O2. The summed E-state index contributed by atoms with van der Waals surface area (Å²) in [7, 11) is 0. The third-order valence-corrected chi connectivity index (χ3v) is 2.29. The van der Waals surface area contributed by atoms with E-state index in [4.69, 9.17) is 10.00 Å². The number of nitriles is 1. The molecular weight excluding hydrogens is 247 g/mol. The van der Waals surface area contributed by atoms with E-state index in [0.29, 0.717) is 5.75 Å². The van der Waals surface area contributed by atoms with E-state index < -0.39 is 11.9 Å². The normalized spacial score (nSPS) is 9.47. The summed E-state index contributed by atoms with van der Waals surface area (Å²) in [5.41, 5.74) is 0.231. The molecule has 0 saturated carbocycles. The Kier molecular flexibility index (Phi) is 3.74. The molecule has 1 amide bonds. The monoisotopic (exact) mass is 256 g/mol. The number of nitrogens with zero attached hydrogens (tertiary/aromatic N) is 1. The van der Waals surface area contributed by atoms with E-state index in [1.807, 2.05) is 0 Å². The maximum atomic E-state index is 12.9. The van der Waals surface area contributed by atoms with Crippen molar-refractivity contribution < 1.29 is 13.9 Å². The van der Waals surface area contributed by atoms with E-state index >= 15 is 0 Å². The molecule has 0 aromatic heterocycles. The van der Waals surface area contributed by atoms with Crippen molar-refractivity contribution in [1.29, 1.82) is 5.26 Å². The molecule has 0 saturated heterocycles. The second kappa shape index (κ2) is 5.65. The third kappa shape index (κ3) is 3.30.